The molecular weight excluding hydrogens is 612 g/mol. The van der Waals surface area contributed by atoms with Crippen molar-refractivity contribution in [2.45, 2.75) is 89.2 Å². The molecule has 0 radical (unpaired) electrons. The number of nitrogens with two attached hydrogens (primary N) is 2. The van der Waals surface area contributed by atoms with Crippen LogP contribution in [-0.2, 0) is 25.5 Å². The predicted molar refractivity (Wildman–Crippen MR) is 185 cm³/mol. The number of carbonyl (C=O) groups is 3. The maximum absolute atomic E-state index is 13.7. The second kappa shape index (κ2) is 14.3. The number of thioether (sulfide) groups is 1. The molecule has 260 valence electrons. The Labute approximate surface area is 284 Å². The lowest BCUT2D eigenvalue weighted by atomic mass is 9.32. The number of ketones is 1. The summed E-state index contributed by atoms with van der Waals surface area (Å²) in [6.45, 7) is 13.8. The molecule has 0 aliphatic heterocycles. The van der Waals surface area contributed by atoms with Crippen molar-refractivity contribution < 1.29 is 24.2 Å². The number of esters is 1. The highest BCUT2D eigenvalue weighted by molar-refractivity contribution is 8.00. The van der Waals surface area contributed by atoms with Gasteiger partial charge >= 0.3 is 5.97 Å². The van der Waals surface area contributed by atoms with E-state index in [-0.39, 0.29) is 40.8 Å². The van der Waals surface area contributed by atoms with Gasteiger partial charge in [0.05, 0.1) is 18.3 Å². The zero-order chi connectivity index (χ0) is 34.0. The third-order valence-electron chi connectivity index (χ3n) is 12.5. The Bertz CT molecular complexity index is 1330. The van der Waals surface area contributed by atoms with Gasteiger partial charge in [0.15, 0.2) is 0 Å². The van der Waals surface area contributed by atoms with Gasteiger partial charge in [0.25, 0.3) is 0 Å². The number of Topliss-reactive ketones (excluding diaryl/α,β-unsaturated/α-hetero) is 1. The van der Waals surface area contributed by atoms with Crippen LogP contribution in [0.5, 0.6) is 0 Å². The molecule has 4 aliphatic rings. The van der Waals surface area contributed by atoms with E-state index >= 15 is 0 Å². The molecule has 4 aliphatic carbocycles. The average molecular weight is 669 g/mol. The molecule has 9 atom stereocenters. The van der Waals surface area contributed by atoms with E-state index in [4.69, 9.17) is 16.2 Å². The van der Waals surface area contributed by atoms with Crippen LogP contribution in [0.15, 0.2) is 41.8 Å². The summed E-state index contributed by atoms with van der Waals surface area (Å²) in [5.41, 5.74) is 10.5. The van der Waals surface area contributed by atoms with Crippen LogP contribution in [0.2, 0.25) is 0 Å². The summed E-state index contributed by atoms with van der Waals surface area (Å²) in [6, 6.07) is 7.69. The van der Waals surface area contributed by atoms with Gasteiger partial charge in [-0.05, 0) is 93.1 Å². The molecule has 0 aromatic heterocycles. The van der Waals surface area contributed by atoms with Crippen LogP contribution in [0, 0.1) is 39.4 Å². The molecule has 9 unspecified atom stereocenters. The molecule has 2 spiro atoms. The van der Waals surface area contributed by atoms with Gasteiger partial charge in [-0.3, -0.25) is 14.4 Å². The molecule has 1 aromatic carbocycles. The standard InChI is InChI=1S/C37H56N4O5S/c1-5-27-32(45)34(3,23-40-16-6-14-38)20-29(35(4)24(2)19-37-22-36(27,33(35)37)13-12-28(37)42)46-31(44)21-47-26-10-8-25(9-11-26)18-30(43)41-17-7-15-39/h5,8-11,24,27,29,32-33,40,45H,1,6-7,12-23,38-39H2,2-4H3,(H,41,43). The number of hydrogen-bond acceptors (Lipinski definition) is 9. The Hall–Kier alpha value is -2.24. The highest BCUT2D eigenvalue weighted by Gasteiger charge is 2.81. The first-order valence-corrected chi connectivity index (χ1v) is 18.5. The first-order chi connectivity index (χ1) is 22.4. The molecule has 9 nitrogen and oxygen atoms in total. The summed E-state index contributed by atoms with van der Waals surface area (Å²) in [5.74, 6) is 0.227. The minimum Gasteiger partial charge on any atom is -0.461 e. The molecule has 47 heavy (non-hydrogen) atoms. The van der Waals surface area contributed by atoms with Crippen molar-refractivity contribution in [2.75, 3.05) is 38.5 Å². The van der Waals surface area contributed by atoms with E-state index in [1.165, 1.54) is 11.8 Å². The molecule has 1 amide bonds. The van der Waals surface area contributed by atoms with Crippen molar-refractivity contribution in [3.05, 3.63) is 42.5 Å². The van der Waals surface area contributed by atoms with Crippen molar-refractivity contribution in [2.24, 2.45) is 50.9 Å². The first-order valence-electron chi connectivity index (χ1n) is 17.5. The van der Waals surface area contributed by atoms with Gasteiger partial charge < -0.3 is 31.9 Å². The number of aliphatic hydroxyl groups is 1. The fourth-order valence-electron chi connectivity index (χ4n) is 10.3. The first kappa shape index (κ1) is 36.1. The third-order valence-corrected chi connectivity index (χ3v) is 13.5. The summed E-state index contributed by atoms with van der Waals surface area (Å²) in [5, 5.41) is 18.6. The van der Waals surface area contributed by atoms with Crippen LogP contribution in [-0.4, -0.2) is 73.5 Å². The average Bonchev–Trinajstić information content (AvgIpc) is 3.23. The third kappa shape index (κ3) is 6.45. The Morgan fingerprint density at radius 3 is 2.51 bits per heavy atom. The molecule has 10 heteroatoms. The van der Waals surface area contributed by atoms with E-state index in [0.29, 0.717) is 51.2 Å². The molecule has 4 saturated carbocycles. The minimum absolute atomic E-state index is 0.0386. The number of aliphatic hydroxyl groups excluding tert-OH is 1. The highest BCUT2D eigenvalue weighted by atomic mass is 32.2. The van der Waals surface area contributed by atoms with Gasteiger partial charge in [0.2, 0.25) is 5.91 Å². The zero-order valence-corrected chi connectivity index (χ0v) is 29.3. The van der Waals surface area contributed by atoms with Crippen LogP contribution in [0.3, 0.4) is 0 Å². The highest BCUT2D eigenvalue weighted by Crippen LogP contribution is 2.82. The number of benzene rings is 1. The maximum Gasteiger partial charge on any atom is 0.316 e. The molecule has 0 saturated heterocycles. The SMILES string of the molecule is C=CC1C(O)C(C)(CNCCCN)CC(OC(=O)CSc2ccc(CC(=O)NCCCN)cc2)C2(C)C(C)CC34CC1(CCC3=O)C42. The number of carbonyl (C=O) groups excluding carboxylic acids is 3. The van der Waals surface area contributed by atoms with Gasteiger partial charge in [-0.25, -0.2) is 0 Å². The molecule has 0 heterocycles. The Balaban J connectivity index is 1.35. The smallest absolute Gasteiger partial charge is 0.316 e. The van der Waals surface area contributed by atoms with Gasteiger partial charge in [-0.2, -0.15) is 0 Å². The zero-order valence-electron chi connectivity index (χ0n) is 28.5. The molecule has 7 N–H and O–H groups in total. The summed E-state index contributed by atoms with van der Waals surface area (Å²) in [6.07, 6.45) is 6.04. The molecule has 1 aromatic rings. The number of nitrogens with one attached hydrogen (secondary N) is 2. The van der Waals surface area contributed by atoms with Gasteiger partial charge in [0.1, 0.15) is 11.9 Å². The van der Waals surface area contributed by atoms with Crippen LogP contribution in [0.4, 0.5) is 0 Å². The lowest BCUT2D eigenvalue weighted by Crippen LogP contribution is -2.72. The number of amides is 1. The molecule has 2 bridgehead atoms. The summed E-state index contributed by atoms with van der Waals surface area (Å²) in [4.78, 5) is 40.4. The Morgan fingerprint density at radius 1 is 1.13 bits per heavy atom. The van der Waals surface area contributed by atoms with Crippen molar-refractivity contribution in [3.8, 4) is 0 Å². The van der Waals surface area contributed by atoms with E-state index in [9.17, 15) is 19.5 Å². The molecule has 5 rings (SSSR count). The van der Waals surface area contributed by atoms with E-state index in [1.54, 1.807) is 0 Å². The molecule has 4 fully saturated rings. The van der Waals surface area contributed by atoms with Crippen molar-refractivity contribution in [1.82, 2.24) is 10.6 Å². The number of rotatable bonds is 15. The van der Waals surface area contributed by atoms with Gasteiger partial charge in [0, 0.05) is 46.6 Å². The largest absolute Gasteiger partial charge is 0.461 e. The Kier molecular flexibility index (Phi) is 11.0. The Morgan fingerprint density at radius 2 is 1.83 bits per heavy atom. The normalized spacial score (nSPS) is 37.2. The fourth-order valence-corrected chi connectivity index (χ4v) is 11.0. The van der Waals surface area contributed by atoms with Gasteiger partial charge in [-0.15, -0.1) is 18.3 Å². The quantitative estimate of drug-likeness (QED) is 0.0816. The van der Waals surface area contributed by atoms with Crippen molar-refractivity contribution in [1.29, 1.82) is 0 Å². The van der Waals surface area contributed by atoms with Crippen LogP contribution in [0.25, 0.3) is 0 Å². The summed E-state index contributed by atoms with van der Waals surface area (Å²) >= 11 is 1.41. The van der Waals surface area contributed by atoms with Gasteiger partial charge in [-0.1, -0.05) is 39.0 Å². The number of ether oxygens (including phenoxy) is 1. The van der Waals surface area contributed by atoms with Crippen LogP contribution >= 0.6 is 11.8 Å². The molecular formula is C37H56N4O5S. The second-order valence-electron chi connectivity index (χ2n) is 15.4. The lowest BCUT2D eigenvalue weighted by Gasteiger charge is -2.72. The van der Waals surface area contributed by atoms with E-state index in [1.807, 2.05) is 30.3 Å². The van der Waals surface area contributed by atoms with Crippen molar-refractivity contribution >= 4 is 29.4 Å². The second-order valence-corrected chi connectivity index (χ2v) is 16.4. The lowest BCUT2D eigenvalue weighted by molar-refractivity contribution is -0.256. The van der Waals surface area contributed by atoms with Crippen LogP contribution < -0.4 is 22.1 Å². The summed E-state index contributed by atoms with van der Waals surface area (Å²) in [7, 11) is 0. The minimum atomic E-state index is -0.700. The van der Waals surface area contributed by atoms with Crippen LogP contribution in [0.1, 0.15) is 71.3 Å². The van der Waals surface area contributed by atoms with Crippen molar-refractivity contribution in [3.63, 3.8) is 0 Å². The number of hydrogen-bond donors (Lipinski definition) is 5. The van der Waals surface area contributed by atoms with E-state index < -0.39 is 28.5 Å². The fraction of sp³-hybridized carbons (Fsp3) is 0.703. The van der Waals surface area contributed by atoms with E-state index in [0.717, 1.165) is 49.1 Å². The van der Waals surface area contributed by atoms with E-state index in [2.05, 4.69) is 38.0 Å². The summed E-state index contributed by atoms with van der Waals surface area (Å²) < 4.78 is 6.54. The topological polar surface area (TPSA) is 157 Å². The monoisotopic (exact) mass is 668 g/mol. The maximum atomic E-state index is 13.7. The predicted octanol–water partition coefficient (Wildman–Crippen LogP) is 3.61.